The van der Waals surface area contributed by atoms with Gasteiger partial charge in [-0.2, -0.15) is 0 Å². The number of amides is 1. The molecule has 1 heterocycles. The predicted molar refractivity (Wildman–Crippen MR) is 82.5 cm³/mol. The van der Waals surface area contributed by atoms with Crippen LogP contribution in [0.2, 0.25) is 0 Å². The minimum atomic E-state index is 0.0663. The molecule has 0 aliphatic heterocycles. The van der Waals surface area contributed by atoms with Gasteiger partial charge in [-0.05, 0) is 38.6 Å². The van der Waals surface area contributed by atoms with Crippen LogP contribution in [0.1, 0.15) is 57.9 Å². The summed E-state index contributed by atoms with van der Waals surface area (Å²) in [6, 6.07) is 4.31. The van der Waals surface area contributed by atoms with E-state index in [-0.39, 0.29) is 17.5 Å². The first kappa shape index (κ1) is 16.2. The van der Waals surface area contributed by atoms with Crippen molar-refractivity contribution < 1.29 is 4.79 Å². The van der Waals surface area contributed by atoms with Crippen LogP contribution in [0.4, 0.5) is 0 Å². The lowest BCUT2D eigenvalue weighted by Crippen LogP contribution is -2.39. The van der Waals surface area contributed by atoms with E-state index >= 15 is 0 Å². The highest BCUT2D eigenvalue weighted by molar-refractivity contribution is 7.10. The zero-order valence-corrected chi connectivity index (χ0v) is 13.3. The summed E-state index contributed by atoms with van der Waals surface area (Å²) in [5.41, 5.74) is 0.0663. The quantitative estimate of drug-likeness (QED) is 0.804. The Bertz CT molecular complexity index is 368. The third-order valence-electron chi connectivity index (χ3n) is 2.81. The van der Waals surface area contributed by atoms with Crippen LogP contribution in [-0.4, -0.2) is 18.0 Å². The summed E-state index contributed by atoms with van der Waals surface area (Å²) >= 11 is 1.71. The number of thiophene rings is 1. The van der Waals surface area contributed by atoms with Crippen molar-refractivity contribution in [3.05, 3.63) is 22.4 Å². The molecule has 0 aromatic carbocycles. The molecule has 4 heteroatoms. The van der Waals surface area contributed by atoms with E-state index in [4.69, 9.17) is 0 Å². The number of rotatable bonds is 7. The number of nitrogens with one attached hydrogen (secondary N) is 2. The van der Waals surface area contributed by atoms with Gasteiger partial charge in [0.25, 0.3) is 0 Å². The van der Waals surface area contributed by atoms with Gasteiger partial charge in [0.2, 0.25) is 5.91 Å². The molecule has 0 saturated heterocycles. The fraction of sp³-hybridized carbons (Fsp3) is 0.667. The molecule has 1 rings (SSSR count). The van der Waals surface area contributed by atoms with E-state index in [0.29, 0.717) is 6.42 Å². The molecule has 0 radical (unpaired) electrons. The molecule has 1 unspecified atom stereocenters. The van der Waals surface area contributed by atoms with E-state index < -0.39 is 0 Å². The van der Waals surface area contributed by atoms with Crippen LogP contribution in [0.3, 0.4) is 0 Å². The molecule has 3 nitrogen and oxygen atoms in total. The van der Waals surface area contributed by atoms with E-state index in [1.54, 1.807) is 11.3 Å². The van der Waals surface area contributed by atoms with Gasteiger partial charge in [0.15, 0.2) is 0 Å². The van der Waals surface area contributed by atoms with Gasteiger partial charge in [-0.25, -0.2) is 0 Å². The first-order valence-corrected chi connectivity index (χ1v) is 7.88. The smallest absolute Gasteiger partial charge is 0.221 e. The molecule has 1 aromatic rings. The Morgan fingerprint density at radius 3 is 2.68 bits per heavy atom. The second-order valence-electron chi connectivity index (χ2n) is 5.85. The lowest BCUT2D eigenvalue weighted by molar-refractivity contribution is -0.121. The fourth-order valence-electron chi connectivity index (χ4n) is 1.88. The number of hydrogen-bond acceptors (Lipinski definition) is 3. The van der Waals surface area contributed by atoms with Gasteiger partial charge < -0.3 is 10.6 Å². The Hall–Kier alpha value is -0.870. The standard InChI is InChI=1S/C15H26N2OS/c1-5-7-12(13-8-6-11-19-13)17-14(18)9-10-16-15(2,3)4/h6,8,11-12,16H,5,7,9-10H2,1-4H3,(H,17,18). The predicted octanol–water partition coefficient (Wildman–Crippen LogP) is 3.48. The summed E-state index contributed by atoms with van der Waals surface area (Å²) in [4.78, 5) is 13.2. The van der Waals surface area contributed by atoms with E-state index in [0.717, 1.165) is 19.4 Å². The zero-order valence-electron chi connectivity index (χ0n) is 12.5. The summed E-state index contributed by atoms with van der Waals surface area (Å²) in [5.74, 6) is 0.128. The van der Waals surface area contributed by atoms with E-state index in [2.05, 4.69) is 49.8 Å². The summed E-state index contributed by atoms with van der Waals surface area (Å²) in [6.07, 6.45) is 2.60. The molecule has 0 aliphatic rings. The summed E-state index contributed by atoms with van der Waals surface area (Å²) in [5, 5.41) is 8.53. The molecule has 0 aliphatic carbocycles. The van der Waals surface area contributed by atoms with Crippen molar-refractivity contribution in [2.45, 2.75) is 58.5 Å². The Labute approximate surface area is 120 Å². The van der Waals surface area contributed by atoms with Crippen molar-refractivity contribution in [2.75, 3.05) is 6.54 Å². The lowest BCUT2D eigenvalue weighted by Gasteiger charge is -2.21. The third-order valence-corrected chi connectivity index (χ3v) is 3.79. The molecular weight excluding hydrogens is 256 g/mol. The molecule has 2 N–H and O–H groups in total. The van der Waals surface area contributed by atoms with Crippen molar-refractivity contribution in [3.8, 4) is 0 Å². The average molecular weight is 282 g/mol. The Kier molecular flexibility index (Phi) is 6.52. The SMILES string of the molecule is CCCC(NC(=O)CCNC(C)(C)C)c1cccs1. The normalized spacial score (nSPS) is 13.3. The van der Waals surface area contributed by atoms with Crippen LogP contribution in [0.5, 0.6) is 0 Å². The highest BCUT2D eigenvalue weighted by atomic mass is 32.1. The van der Waals surface area contributed by atoms with Crippen LogP contribution < -0.4 is 10.6 Å². The maximum atomic E-state index is 12.0. The zero-order chi connectivity index (χ0) is 14.3. The van der Waals surface area contributed by atoms with Crippen LogP contribution in [-0.2, 0) is 4.79 Å². The molecule has 1 aromatic heterocycles. The van der Waals surface area contributed by atoms with Crippen molar-refractivity contribution in [1.82, 2.24) is 10.6 Å². The van der Waals surface area contributed by atoms with Crippen molar-refractivity contribution in [3.63, 3.8) is 0 Å². The molecule has 0 spiro atoms. The monoisotopic (exact) mass is 282 g/mol. The largest absolute Gasteiger partial charge is 0.348 e. The molecule has 1 atom stereocenters. The first-order chi connectivity index (χ1) is 8.92. The number of hydrogen-bond donors (Lipinski definition) is 2. The highest BCUT2D eigenvalue weighted by Gasteiger charge is 2.15. The van der Waals surface area contributed by atoms with Crippen molar-refractivity contribution in [1.29, 1.82) is 0 Å². The van der Waals surface area contributed by atoms with Crippen molar-refractivity contribution in [2.24, 2.45) is 0 Å². The van der Waals surface area contributed by atoms with E-state index in [9.17, 15) is 4.79 Å². The van der Waals surface area contributed by atoms with E-state index in [1.807, 2.05) is 6.07 Å². The minimum absolute atomic E-state index is 0.0663. The molecule has 108 valence electrons. The highest BCUT2D eigenvalue weighted by Crippen LogP contribution is 2.23. The number of carbonyl (C=O) groups excluding carboxylic acids is 1. The summed E-state index contributed by atoms with van der Waals surface area (Å²) in [7, 11) is 0. The van der Waals surface area contributed by atoms with Crippen LogP contribution in [0, 0.1) is 0 Å². The Morgan fingerprint density at radius 2 is 2.16 bits per heavy atom. The van der Waals surface area contributed by atoms with Gasteiger partial charge >= 0.3 is 0 Å². The summed E-state index contributed by atoms with van der Waals surface area (Å²) in [6.45, 7) is 9.19. The van der Waals surface area contributed by atoms with Gasteiger partial charge in [-0.15, -0.1) is 11.3 Å². The second kappa shape index (κ2) is 7.65. The Morgan fingerprint density at radius 1 is 1.42 bits per heavy atom. The van der Waals surface area contributed by atoms with Gasteiger partial charge in [0.05, 0.1) is 6.04 Å². The molecule has 1 amide bonds. The second-order valence-corrected chi connectivity index (χ2v) is 6.83. The van der Waals surface area contributed by atoms with E-state index in [1.165, 1.54) is 4.88 Å². The summed E-state index contributed by atoms with van der Waals surface area (Å²) < 4.78 is 0. The van der Waals surface area contributed by atoms with Gasteiger partial charge in [-0.3, -0.25) is 4.79 Å². The van der Waals surface area contributed by atoms with Crippen LogP contribution >= 0.6 is 11.3 Å². The van der Waals surface area contributed by atoms with Crippen LogP contribution in [0.25, 0.3) is 0 Å². The number of carbonyl (C=O) groups is 1. The Balaban J connectivity index is 2.40. The van der Waals surface area contributed by atoms with Crippen LogP contribution in [0.15, 0.2) is 17.5 Å². The maximum absolute atomic E-state index is 12.0. The molecule has 0 bridgehead atoms. The first-order valence-electron chi connectivity index (χ1n) is 7.00. The minimum Gasteiger partial charge on any atom is -0.348 e. The molecule has 19 heavy (non-hydrogen) atoms. The van der Waals surface area contributed by atoms with Crippen molar-refractivity contribution >= 4 is 17.2 Å². The molecule has 0 saturated carbocycles. The molecular formula is C15H26N2OS. The van der Waals surface area contributed by atoms with Gasteiger partial charge in [0.1, 0.15) is 0 Å². The third kappa shape index (κ3) is 6.73. The lowest BCUT2D eigenvalue weighted by atomic mass is 10.1. The van der Waals surface area contributed by atoms with Gasteiger partial charge in [0, 0.05) is 23.4 Å². The fourth-order valence-corrected chi connectivity index (χ4v) is 2.69. The molecule has 0 fully saturated rings. The topological polar surface area (TPSA) is 41.1 Å². The average Bonchev–Trinajstić information content (AvgIpc) is 2.79. The van der Waals surface area contributed by atoms with Gasteiger partial charge in [-0.1, -0.05) is 19.4 Å². The maximum Gasteiger partial charge on any atom is 0.221 e.